The Morgan fingerprint density at radius 2 is 2.07 bits per heavy atom. The van der Waals surface area contributed by atoms with Crippen LogP contribution in [0.3, 0.4) is 0 Å². The Hall–Kier alpha value is -0.0800. The average molecular weight is 194 g/mol. The maximum absolute atomic E-state index is 3.74. The first-order valence-electron chi connectivity index (χ1n) is 6.33. The molecule has 2 heteroatoms. The monoisotopic (exact) mass is 194 g/mol. The van der Waals surface area contributed by atoms with E-state index in [1.807, 2.05) is 0 Å². The molecule has 80 valence electrons. The largest absolute Gasteiger partial charge is 0.316 e. The predicted octanol–water partition coefficient (Wildman–Crippen LogP) is 1.52. The van der Waals surface area contributed by atoms with E-state index in [1.165, 1.54) is 58.2 Å². The van der Waals surface area contributed by atoms with Crippen molar-refractivity contribution in [3.8, 4) is 0 Å². The zero-order valence-corrected chi connectivity index (χ0v) is 9.02. The molecule has 1 atom stereocenters. The molecule has 3 fully saturated rings. The van der Waals surface area contributed by atoms with Gasteiger partial charge in [0, 0.05) is 19.1 Å². The Morgan fingerprint density at radius 3 is 2.64 bits per heavy atom. The summed E-state index contributed by atoms with van der Waals surface area (Å²) in [6.07, 6.45) is 8.74. The van der Waals surface area contributed by atoms with Gasteiger partial charge in [-0.3, -0.25) is 0 Å². The second-order valence-corrected chi connectivity index (χ2v) is 5.58. The molecule has 14 heavy (non-hydrogen) atoms. The van der Waals surface area contributed by atoms with Crippen LogP contribution in [0.2, 0.25) is 0 Å². The van der Waals surface area contributed by atoms with Crippen LogP contribution in [-0.4, -0.2) is 25.7 Å². The van der Waals surface area contributed by atoms with Crippen LogP contribution >= 0.6 is 0 Å². The molecule has 1 unspecified atom stereocenters. The fourth-order valence-corrected chi connectivity index (χ4v) is 3.28. The minimum Gasteiger partial charge on any atom is -0.316 e. The first-order chi connectivity index (χ1) is 6.89. The Labute approximate surface area is 86.8 Å². The van der Waals surface area contributed by atoms with Crippen molar-refractivity contribution in [1.82, 2.24) is 10.6 Å². The van der Waals surface area contributed by atoms with Crippen molar-refractivity contribution in [2.45, 2.75) is 44.6 Å². The molecule has 0 aromatic heterocycles. The van der Waals surface area contributed by atoms with Gasteiger partial charge in [0.1, 0.15) is 0 Å². The molecular weight excluding hydrogens is 172 g/mol. The van der Waals surface area contributed by atoms with Crippen LogP contribution in [-0.2, 0) is 0 Å². The first kappa shape index (κ1) is 9.17. The van der Waals surface area contributed by atoms with Crippen molar-refractivity contribution in [1.29, 1.82) is 0 Å². The van der Waals surface area contributed by atoms with E-state index in [9.17, 15) is 0 Å². The lowest BCUT2D eigenvalue weighted by atomic mass is 9.63. The molecule has 2 aliphatic carbocycles. The van der Waals surface area contributed by atoms with Crippen molar-refractivity contribution in [2.75, 3.05) is 19.6 Å². The first-order valence-corrected chi connectivity index (χ1v) is 6.33. The Bertz CT molecular complexity index is 206. The van der Waals surface area contributed by atoms with Gasteiger partial charge in [-0.25, -0.2) is 0 Å². The molecule has 0 amide bonds. The van der Waals surface area contributed by atoms with Gasteiger partial charge >= 0.3 is 0 Å². The van der Waals surface area contributed by atoms with E-state index in [2.05, 4.69) is 10.6 Å². The molecule has 2 nitrogen and oxygen atoms in total. The molecule has 0 radical (unpaired) electrons. The third-order valence-corrected chi connectivity index (χ3v) is 4.84. The van der Waals surface area contributed by atoms with Crippen molar-refractivity contribution in [2.24, 2.45) is 11.3 Å². The molecule has 0 aromatic carbocycles. The van der Waals surface area contributed by atoms with Crippen molar-refractivity contribution in [3.05, 3.63) is 0 Å². The maximum atomic E-state index is 3.74. The highest BCUT2D eigenvalue weighted by atomic mass is 15.0. The van der Waals surface area contributed by atoms with Crippen LogP contribution < -0.4 is 10.6 Å². The predicted molar refractivity (Wildman–Crippen MR) is 58.3 cm³/mol. The molecule has 1 spiro atoms. The Kier molecular flexibility index (Phi) is 2.29. The average Bonchev–Trinajstić information content (AvgIpc) is 2.44. The molecule has 1 saturated heterocycles. The van der Waals surface area contributed by atoms with Gasteiger partial charge in [-0.1, -0.05) is 12.8 Å². The van der Waals surface area contributed by atoms with Gasteiger partial charge in [-0.15, -0.1) is 0 Å². The van der Waals surface area contributed by atoms with Crippen LogP contribution in [0.15, 0.2) is 0 Å². The third-order valence-electron chi connectivity index (χ3n) is 4.84. The molecule has 0 aromatic rings. The van der Waals surface area contributed by atoms with Gasteiger partial charge in [0.25, 0.3) is 0 Å². The minimum absolute atomic E-state index is 0.719. The summed E-state index contributed by atoms with van der Waals surface area (Å²) in [7, 11) is 0. The second kappa shape index (κ2) is 3.49. The van der Waals surface area contributed by atoms with E-state index in [4.69, 9.17) is 0 Å². The highest BCUT2D eigenvalue weighted by Crippen LogP contribution is 2.48. The topological polar surface area (TPSA) is 24.1 Å². The molecule has 1 heterocycles. The van der Waals surface area contributed by atoms with Crippen LogP contribution in [0.1, 0.15) is 38.5 Å². The fourth-order valence-electron chi connectivity index (χ4n) is 3.28. The highest BCUT2D eigenvalue weighted by Gasteiger charge is 2.46. The fraction of sp³-hybridized carbons (Fsp3) is 1.00. The smallest absolute Gasteiger partial charge is 0.00672 e. The van der Waals surface area contributed by atoms with Gasteiger partial charge in [-0.05, 0) is 43.6 Å². The molecule has 0 bridgehead atoms. The molecule has 2 saturated carbocycles. The molecule has 1 aliphatic heterocycles. The van der Waals surface area contributed by atoms with E-state index in [0.717, 1.165) is 17.4 Å². The summed E-state index contributed by atoms with van der Waals surface area (Å²) >= 11 is 0. The van der Waals surface area contributed by atoms with Crippen LogP contribution in [0.4, 0.5) is 0 Å². The maximum Gasteiger partial charge on any atom is 0.00672 e. The van der Waals surface area contributed by atoms with Gasteiger partial charge in [0.15, 0.2) is 0 Å². The van der Waals surface area contributed by atoms with Crippen LogP contribution in [0.5, 0.6) is 0 Å². The number of nitrogens with one attached hydrogen (secondary N) is 2. The Balaban J connectivity index is 1.50. The van der Waals surface area contributed by atoms with Gasteiger partial charge in [0.2, 0.25) is 0 Å². The van der Waals surface area contributed by atoms with Crippen molar-refractivity contribution < 1.29 is 0 Å². The summed E-state index contributed by atoms with van der Waals surface area (Å²) in [4.78, 5) is 0. The second-order valence-electron chi connectivity index (χ2n) is 5.58. The summed E-state index contributed by atoms with van der Waals surface area (Å²) in [5, 5.41) is 7.33. The summed E-state index contributed by atoms with van der Waals surface area (Å²) < 4.78 is 0. The van der Waals surface area contributed by atoms with Gasteiger partial charge < -0.3 is 10.6 Å². The number of hydrogen-bond acceptors (Lipinski definition) is 2. The summed E-state index contributed by atoms with van der Waals surface area (Å²) in [6, 6.07) is 0.868. The van der Waals surface area contributed by atoms with Crippen molar-refractivity contribution >= 4 is 0 Å². The number of rotatable bonds is 3. The quantitative estimate of drug-likeness (QED) is 0.712. The van der Waals surface area contributed by atoms with Gasteiger partial charge in [-0.2, -0.15) is 0 Å². The molecule has 3 rings (SSSR count). The zero-order chi connectivity index (χ0) is 9.43. The standard InChI is InChI=1S/C12H22N2/c1-3-11(4-1)14-8-10-7-13-9-12(10)5-2-6-12/h10-11,13-14H,1-9H2. The van der Waals surface area contributed by atoms with E-state index >= 15 is 0 Å². The van der Waals surface area contributed by atoms with Gasteiger partial charge in [0.05, 0.1) is 0 Å². The molecular formula is C12H22N2. The normalized spacial score (nSPS) is 35.6. The van der Waals surface area contributed by atoms with Crippen LogP contribution in [0.25, 0.3) is 0 Å². The zero-order valence-electron chi connectivity index (χ0n) is 9.02. The van der Waals surface area contributed by atoms with E-state index < -0.39 is 0 Å². The van der Waals surface area contributed by atoms with E-state index in [0.29, 0.717) is 0 Å². The summed E-state index contributed by atoms with van der Waals surface area (Å²) in [6.45, 7) is 3.83. The number of hydrogen-bond donors (Lipinski definition) is 2. The lowest BCUT2D eigenvalue weighted by molar-refractivity contribution is 0.0927. The van der Waals surface area contributed by atoms with Crippen molar-refractivity contribution in [3.63, 3.8) is 0 Å². The van der Waals surface area contributed by atoms with Crippen LogP contribution in [0, 0.1) is 11.3 Å². The third kappa shape index (κ3) is 1.40. The lowest BCUT2D eigenvalue weighted by Crippen LogP contribution is -2.45. The minimum atomic E-state index is 0.719. The van der Waals surface area contributed by atoms with E-state index in [-0.39, 0.29) is 0 Å². The molecule has 3 aliphatic rings. The van der Waals surface area contributed by atoms with E-state index in [1.54, 1.807) is 0 Å². The lowest BCUT2D eigenvalue weighted by Gasteiger charge is -2.43. The highest BCUT2D eigenvalue weighted by molar-refractivity contribution is 5.01. The summed E-state index contributed by atoms with van der Waals surface area (Å²) in [5.74, 6) is 0.928. The molecule has 2 N–H and O–H groups in total. The summed E-state index contributed by atoms with van der Waals surface area (Å²) in [5.41, 5.74) is 0.719. The SMILES string of the molecule is C1CC(NCC2CNCC23CCC3)C1. The Morgan fingerprint density at radius 1 is 1.21 bits per heavy atom.